The topological polar surface area (TPSA) is 106 Å². The van der Waals surface area contributed by atoms with Crippen LogP contribution in [-0.4, -0.2) is 36.7 Å². The van der Waals surface area contributed by atoms with Gasteiger partial charge in [0.2, 0.25) is 0 Å². The van der Waals surface area contributed by atoms with E-state index in [1.165, 1.54) is 6.33 Å². The maximum atomic E-state index is 11.6. The Balaban J connectivity index is 1.70. The van der Waals surface area contributed by atoms with E-state index in [2.05, 4.69) is 53.7 Å². The number of rotatable bonds is 3. The highest BCUT2D eigenvalue weighted by molar-refractivity contribution is 6.06. The molecule has 2 aromatic carbocycles. The van der Waals surface area contributed by atoms with E-state index in [-0.39, 0.29) is 17.1 Å². The van der Waals surface area contributed by atoms with Crippen LogP contribution in [0.5, 0.6) is 0 Å². The Morgan fingerprint density at radius 2 is 1.85 bits per heavy atom. The number of benzene rings is 2. The number of hydrogen-bond acceptors (Lipinski definition) is 5. The van der Waals surface area contributed by atoms with E-state index in [4.69, 9.17) is 5.73 Å². The van der Waals surface area contributed by atoms with Crippen LogP contribution in [-0.2, 0) is 0 Å². The van der Waals surface area contributed by atoms with Gasteiger partial charge in [0.05, 0.1) is 10.9 Å². The zero-order valence-corrected chi connectivity index (χ0v) is 19.4. The van der Waals surface area contributed by atoms with Crippen LogP contribution in [0.25, 0.3) is 32.9 Å². The highest BCUT2D eigenvalue weighted by atomic mass is 16.4. The van der Waals surface area contributed by atoms with Crippen molar-refractivity contribution >= 4 is 33.6 Å². The van der Waals surface area contributed by atoms with Gasteiger partial charge in [-0.2, -0.15) is 0 Å². The first-order valence-electron chi connectivity index (χ1n) is 11.2. The highest BCUT2D eigenvalue weighted by Crippen LogP contribution is 2.41. The maximum absolute atomic E-state index is 11.6. The first-order valence-corrected chi connectivity index (χ1v) is 11.2. The zero-order chi connectivity index (χ0) is 23.5. The quantitative estimate of drug-likeness (QED) is 0.411. The molecule has 4 N–H and O–H groups in total. The molecule has 1 saturated heterocycles. The maximum Gasteiger partial charge on any atom is 0.336 e. The third-order valence-corrected chi connectivity index (χ3v) is 6.62. The first-order chi connectivity index (χ1) is 15.5. The van der Waals surface area contributed by atoms with E-state index in [0.717, 1.165) is 40.4 Å². The molecule has 170 valence electrons. The molecule has 7 heteroatoms. The number of carboxylic acid groups (broad SMARTS) is 1. The number of piperidine rings is 1. The number of nitrogen functional groups attached to an aromatic ring is 1. The van der Waals surface area contributed by atoms with Crippen LogP contribution < -0.4 is 11.1 Å². The summed E-state index contributed by atoms with van der Waals surface area (Å²) in [6, 6.07) is 11.4. The number of nitrogens with zero attached hydrogens (tertiary/aromatic N) is 3. The minimum atomic E-state index is -0.932. The molecule has 1 aliphatic heterocycles. The summed E-state index contributed by atoms with van der Waals surface area (Å²) in [5.74, 6) is -0.487. The molecule has 0 saturated carbocycles. The van der Waals surface area contributed by atoms with E-state index in [0.29, 0.717) is 16.8 Å². The molecule has 2 aromatic heterocycles. The van der Waals surface area contributed by atoms with Crippen LogP contribution in [0.4, 0.5) is 5.82 Å². The second-order valence-electron chi connectivity index (χ2n) is 10.4. The van der Waals surface area contributed by atoms with Crippen molar-refractivity contribution < 1.29 is 9.90 Å². The fraction of sp³-hybridized carbons (Fsp3) is 0.346. The minimum absolute atomic E-state index is 0.0159. The summed E-state index contributed by atoms with van der Waals surface area (Å²) >= 11 is 0. The summed E-state index contributed by atoms with van der Waals surface area (Å²) < 4.78 is 2.25. The molecule has 3 heterocycles. The van der Waals surface area contributed by atoms with Gasteiger partial charge in [-0.15, -0.1) is 0 Å². The third kappa shape index (κ3) is 3.72. The lowest BCUT2D eigenvalue weighted by molar-refractivity contribution is 0.0699. The van der Waals surface area contributed by atoms with Gasteiger partial charge in [0, 0.05) is 28.9 Å². The van der Waals surface area contributed by atoms with Crippen molar-refractivity contribution in [2.24, 2.45) is 0 Å². The molecule has 1 fully saturated rings. The molecule has 0 bridgehead atoms. The SMILES string of the molecule is CC1(C)CC(n2cc(-c3ccc4c(C(=O)O)cccc4c3)c3c(N)ncnc32)CC(C)(C)N1. The van der Waals surface area contributed by atoms with Crippen LogP contribution in [0, 0.1) is 0 Å². The van der Waals surface area contributed by atoms with Gasteiger partial charge < -0.3 is 20.7 Å². The molecular formula is C26H29N5O2. The van der Waals surface area contributed by atoms with Gasteiger partial charge in [0.1, 0.15) is 17.8 Å². The van der Waals surface area contributed by atoms with Gasteiger partial charge in [-0.25, -0.2) is 14.8 Å². The van der Waals surface area contributed by atoms with Gasteiger partial charge >= 0.3 is 5.97 Å². The number of carbonyl (C=O) groups is 1. The summed E-state index contributed by atoms with van der Waals surface area (Å²) in [5, 5.41) is 15.7. The number of nitrogens with two attached hydrogens (primary N) is 1. The molecule has 0 amide bonds. The number of fused-ring (bicyclic) bond motifs is 2. The van der Waals surface area contributed by atoms with Gasteiger partial charge in [-0.3, -0.25) is 0 Å². The Bertz CT molecular complexity index is 1390. The predicted molar refractivity (Wildman–Crippen MR) is 131 cm³/mol. The average Bonchev–Trinajstić information content (AvgIpc) is 3.12. The van der Waals surface area contributed by atoms with Crippen LogP contribution in [0.15, 0.2) is 48.9 Å². The van der Waals surface area contributed by atoms with E-state index in [9.17, 15) is 9.90 Å². The Kier molecular flexibility index (Phi) is 4.72. The Morgan fingerprint density at radius 1 is 1.12 bits per heavy atom. The average molecular weight is 444 g/mol. The summed E-state index contributed by atoms with van der Waals surface area (Å²) in [4.78, 5) is 20.5. The van der Waals surface area contributed by atoms with Crippen molar-refractivity contribution in [3.05, 3.63) is 54.5 Å². The van der Waals surface area contributed by atoms with Gasteiger partial charge in [0.25, 0.3) is 0 Å². The number of nitrogens with one attached hydrogen (secondary N) is 1. The number of carboxylic acids is 1. The van der Waals surface area contributed by atoms with E-state index < -0.39 is 5.97 Å². The molecule has 1 aliphatic rings. The minimum Gasteiger partial charge on any atom is -0.478 e. The molecule has 4 aromatic rings. The molecule has 0 atom stereocenters. The normalized spacial score (nSPS) is 18.1. The van der Waals surface area contributed by atoms with Crippen LogP contribution in [0.2, 0.25) is 0 Å². The summed E-state index contributed by atoms with van der Waals surface area (Å²) in [6.07, 6.45) is 5.58. The Labute approximate surface area is 192 Å². The highest BCUT2D eigenvalue weighted by Gasteiger charge is 2.39. The Morgan fingerprint density at radius 3 is 2.55 bits per heavy atom. The monoisotopic (exact) mass is 443 g/mol. The van der Waals surface area contributed by atoms with E-state index in [1.54, 1.807) is 12.1 Å². The van der Waals surface area contributed by atoms with E-state index >= 15 is 0 Å². The molecule has 5 rings (SSSR count). The smallest absolute Gasteiger partial charge is 0.336 e. The third-order valence-electron chi connectivity index (χ3n) is 6.62. The predicted octanol–water partition coefficient (Wildman–Crippen LogP) is 5.01. The fourth-order valence-electron chi connectivity index (χ4n) is 5.71. The van der Waals surface area contributed by atoms with Crippen molar-refractivity contribution in [1.82, 2.24) is 19.9 Å². The Hall–Kier alpha value is -3.45. The van der Waals surface area contributed by atoms with Gasteiger partial charge in [-0.1, -0.05) is 24.3 Å². The summed E-state index contributed by atoms with van der Waals surface area (Å²) in [6.45, 7) is 8.95. The van der Waals surface area contributed by atoms with Crippen LogP contribution in [0.3, 0.4) is 0 Å². The second kappa shape index (κ2) is 7.28. The second-order valence-corrected chi connectivity index (χ2v) is 10.4. The number of hydrogen-bond donors (Lipinski definition) is 3. The molecule has 0 unspecified atom stereocenters. The van der Waals surface area contributed by atoms with E-state index in [1.807, 2.05) is 24.3 Å². The lowest BCUT2D eigenvalue weighted by Gasteiger charge is -2.47. The van der Waals surface area contributed by atoms with Crippen LogP contribution >= 0.6 is 0 Å². The van der Waals surface area contributed by atoms with Crippen molar-refractivity contribution in [2.75, 3.05) is 5.73 Å². The molecule has 0 spiro atoms. The standard InChI is InChI=1S/C26H29N5O2/c1-25(2)11-17(12-26(3,4)30-25)31-13-20(21-22(27)28-14-29-23(21)31)16-8-9-18-15(10-16)6-5-7-19(18)24(32)33/h5-10,13-14,17,30H,11-12H2,1-4H3,(H,32,33)(H2,27,28,29). The number of anilines is 1. The van der Waals surface area contributed by atoms with Crippen LogP contribution in [0.1, 0.15) is 56.9 Å². The largest absolute Gasteiger partial charge is 0.478 e. The summed E-state index contributed by atoms with van der Waals surface area (Å²) in [7, 11) is 0. The zero-order valence-electron chi connectivity index (χ0n) is 19.4. The fourth-order valence-corrected chi connectivity index (χ4v) is 5.71. The lowest BCUT2D eigenvalue weighted by atomic mass is 9.79. The van der Waals surface area contributed by atoms with Gasteiger partial charge in [0.15, 0.2) is 0 Å². The summed E-state index contributed by atoms with van der Waals surface area (Å²) in [5.41, 5.74) is 9.38. The molecular weight excluding hydrogens is 414 g/mol. The van der Waals surface area contributed by atoms with Crippen molar-refractivity contribution in [1.29, 1.82) is 0 Å². The lowest BCUT2D eigenvalue weighted by Crippen LogP contribution is -2.57. The first kappa shape index (κ1) is 21.4. The molecule has 0 aliphatic carbocycles. The van der Waals surface area contributed by atoms with Crippen molar-refractivity contribution in [3.8, 4) is 11.1 Å². The molecule has 7 nitrogen and oxygen atoms in total. The molecule has 33 heavy (non-hydrogen) atoms. The van der Waals surface area contributed by atoms with Crippen molar-refractivity contribution in [3.63, 3.8) is 0 Å². The molecule has 0 radical (unpaired) electrons. The van der Waals surface area contributed by atoms with Gasteiger partial charge in [-0.05, 0) is 69.0 Å². The number of aromatic nitrogens is 3. The number of aromatic carboxylic acids is 1. The van der Waals surface area contributed by atoms with Crippen molar-refractivity contribution in [2.45, 2.75) is 57.7 Å².